The van der Waals surface area contributed by atoms with Gasteiger partial charge in [-0.1, -0.05) is 12.1 Å². The molecular weight excluding hydrogens is 419 g/mol. The third kappa shape index (κ3) is 4.35. The zero-order valence-corrected chi connectivity index (χ0v) is 18.2. The highest BCUT2D eigenvalue weighted by Crippen LogP contribution is 2.42. The van der Waals surface area contributed by atoms with Gasteiger partial charge < -0.3 is 9.80 Å². The van der Waals surface area contributed by atoms with Gasteiger partial charge in [0.15, 0.2) is 0 Å². The average molecular weight is 445 g/mol. The molecule has 7 heteroatoms. The Labute approximate surface area is 192 Å². The van der Waals surface area contributed by atoms with Crippen molar-refractivity contribution in [2.24, 2.45) is 5.92 Å². The molecule has 2 aromatic heterocycles. The van der Waals surface area contributed by atoms with Gasteiger partial charge in [0.05, 0.1) is 6.42 Å². The molecule has 2 fully saturated rings. The Kier molecular flexibility index (Phi) is 5.86. The highest BCUT2D eigenvalue weighted by Gasteiger charge is 2.47. The van der Waals surface area contributed by atoms with Gasteiger partial charge in [-0.3, -0.25) is 19.6 Å². The third-order valence-electron chi connectivity index (χ3n) is 6.87. The van der Waals surface area contributed by atoms with Crippen molar-refractivity contribution in [3.63, 3.8) is 0 Å². The van der Waals surface area contributed by atoms with E-state index in [0.29, 0.717) is 31.6 Å². The highest BCUT2D eigenvalue weighted by atomic mass is 19.1. The van der Waals surface area contributed by atoms with E-state index in [9.17, 15) is 14.0 Å². The van der Waals surface area contributed by atoms with Gasteiger partial charge in [0, 0.05) is 67.9 Å². The molecule has 3 atom stereocenters. The van der Waals surface area contributed by atoms with Crippen molar-refractivity contribution in [3.05, 3.63) is 95.8 Å². The maximum absolute atomic E-state index is 13.6. The molecule has 33 heavy (non-hydrogen) atoms. The Morgan fingerprint density at radius 2 is 1.58 bits per heavy atom. The number of likely N-dealkylation sites (tertiary alicyclic amines) is 2. The quantitative estimate of drug-likeness (QED) is 0.619. The van der Waals surface area contributed by atoms with E-state index in [1.165, 1.54) is 12.1 Å². The molecule has 1 aromatic carbocycles. The molecule has 0 radical (unpaired) electrons. The van der Waals surface area contributed by atoms with Crippen molar-refractivity contribution in [1.82, 2.24) is 19.8 Å². The molecule has 2 amide bonds. The number of pyridine rings is 2. The minimum atomic E-state index is -0.282. The summed E-state index contributed by atoms with van der Waals surface area (Å²) in [7, 11) is 0. The molecule has 2 aliphatic heterocycles. The first kappa shape index (κ1) is 21.2. The van der Waals surface area contributed by atoms with Gasteiger partial charge >= 0.3 is 0 Å². The van der Waals surface area contributed by atoms with Crippen LogP contribution in [0.4, 0.5) is 4.39 Å². The van der Waals surface area contributed by atoms with Gasteiger partial charge in [-0.15, -0.1) is 0 Å². The molecule has 5 rings (SSSR count). The molecule has 0 N–H and O–H groups in total. The first-order valence-corrected chi connectivity index (χ1v) is 11.2. The minimum Gasteiger partial charge on any atom is -0.342 e. The molecule has 2 aliphatic rings. The minimum absolute atomic E-state index is 0.0198. The molecule has 0 spiro atoms. The normalized spacial score (nSPS) is 22.2. The molecule has 3 aromatic rings. The summed E-state index contributed by atoms with van der Waals surface area (Å²) in [5.74, 6) is -0.0879. The maximum atomic E-state index is 13.6. The van der Waals surface area contributed by atoms with Crippen molar-refractivity contribution >= 4 is 11.8 Å². The number of hydrogen-bond acceptors (Lipinski definition) is 4. The van der Waals surface area contributed by atoms with Gasteiger partial charge in [0.25, 0.3) is 5.91 Å². The smallest absolute Gasteiger partial charge is 0.254 e. The fourth-order valence-corrected chi connectivity index (χ4v) is 5.20. The SMILES string of the molecule is O=C(Cc1ccncc1)N1CC[C@H]2[C@@H](C1)[C@H](c1ccc(F)cc1)CN2C(=O)c1ccncc1. The van der Waals surface area contributed by atoms with E-state index in [1.807, 2.05) is 21.9 Å². The molecule has 4 heterocycles. The molecule has 168 valence electrons. The van der Waals surface area contributed by atoms with Crippen LogP contribution in [0.3, 0.4) is 0 Å². The van der Waals surface area contributed by atoms with E-state index in [0.717, 1.165) is 17.5 Å². The lowest BCUT2D eigenvalue weighted by molar-refractivity contribution is -0.132. The van der Waals surface area contributed by atoms with Crippen LogP contribution in [0, 0.1) is 11.7 Å². The lowest BCUT2D eigenvalue weighted by Crippen LogP contribution is -2.50. The van der Waals surface area contributed by atoms with E-state index in [4.69, 9.17) is 0 Å². The standard InChI is InChI=1S/C26H25FN4O2/c27-21-3-1-19(2-4-21)22-17-31(26(33)20-7-12-29-13-8-20)24-9-14-30(16-23(22)24)25(32)15-18-5-10-28-11-6-18/h1-8,10-13,22-24H,9,14-17H2/t22-,23-,24-/m0/s1. The summed E-state index contributed by atoms with van der Waals surface area (Å²) in [6.45, 7) is 1.74. The van der Waals surface area contributed by atoms with E-state index >= 15 is 0 Å². The Hall–Kier alpha value is -3.61. The van der Waals surface area contributed by atoms with E-state index < -0.39 is 0 Å². The van der Waals surface area contributed by atoms with Crippen LogP contribution in [0.25, 0.3) is 0 Å². The lowest BCUT2D eigenvalue weighted by Gasteiger charge is -2.39. The van der Waals surface area contributed by atoms with E-state index in [2.05, 4.69) is 9.97 Å². The number of rotatable bonds is 4. The Balaban J connectivity index is 1.40. The third-order valence-corrected chi connectivity index (χ3v) is 6.87. The Morgan fingerprint density at radius 1 is 0.909 bits per heavy atom. The van der Waals surface area contributed by atoms with Crippen LogP contribution < -0.4 is 0 Å². The summed E-state index contributed by atoms with van der Waals surface area (Å²) >= 11 is 0. The summed E-state index contributed by atoms with van der Waals surface area (Å²) in [6.07, 6.45) is 7.69. The summed E-state index contributed by atoms with van der Waals surface area (Å²) in [4.78, 5) is 38.3. The molecular formula is C26H25FN4O2. The van der Waals surface area contributed by atoms with Gasteiger partial charge in [-0.05, 0) is 53.9 Å². The molecule has 0 unspecified atom stereocenters. The number of fused-ring (bicyclic) bond motifs is 1. The number of carbonyl (C=O) groups is 2. The second-order valence-electron chi connectivity index (χ2n) is 8.74. The van der Waals surface area contributed by atoms with Crippen LogP contribution in [0.2, 0.25) is 0 Å². The lowest BCUT2D eigenvalue weighted by atomic mass is 9.81. The van der Waals surface area contributed by atoms with Crippen LogP contribution in [-0.2, 0) is 11.2 Å². The second-order valence-corrected chi connectivity index (χ2v) is 8.74. The molecule has 0 saturated carbocycles. The Morgan fingerprint density at radius 3 is 2.27 bits per heavy atom. The summed E-state index contributed by atoms with van der Waals surface area (Å²) < 4.78 is 13.6. The largest absolute Gasteiger partial charge is 0.342 e. The van der Waals surface area contributed by atoms with Crippen LogP contribution in [0.15, 0.2) is 73.3 Å². The Bertz CT molecular complexity index is 1120. The fraction of sp³-hybridized carbons (Fsp3) is 0.308. The number of halogens is 1. The van der Waals surface area contributed by atoms with Crippen LogP contribution in [-0.4, -0.2) is 57.3 Å². The van der Waals surface area contributed by atoms with Crippen molar-refractivity contribution in [2.45, 2.75) is 24.8 Å². The number of amides is 2. The molecule has 0 aliphatic carbocycles. The number of benzene rings is 1. The van der Waals surface area contributed by atoms with Crippen molar-refractivity contribution in [2.75, 3.05) is 19.6 Å². The zero-order valence-electron chi connectivity index (χ0n) is 18.2. The van der Waals surface area contributed by atoms with Crippen molar-refractivity contribution in [3.8, 4) is 0 Å². The topological polar surface area (TPSA) is 66.4 Å². The summed E-state index contributed by atoms with van der Waals surface area (Å²) in [5, 5.41) is 0. The van der Waals surface area contributed by atoms with Crippen molar-refractivity contribution in [1.29, 1.82) is 0 Å². The van der Waals surface area contributed by atoms with Crippen LogP contribution in [0.5, 0.6) is 0 Å². The molecule has 2 saturated heterocycles. The maximum Gasteiger partial charge on any atom is 0.254 e. The second kappa shape index (κ2) is 9.10. The van der Waals surface area contributed by atoms with E-state index in [-0.39, 0.29) is 35.5 Å². The number of hydrogen-bond donors (Lipinski definition) is 0. The fourth-order valence-electron chi connectivity index (χ4n) is 5.20. The molecule has 0 bridgehead atoms. The predicted molar refractivity (Wildman–Crippen MR) is 121 cm³/mol. The van der Waals surface area contributed by atoms with Gasteiger partial charge in [-0.2, -0.15) is 0 Å². The number of carbonyl (C=O) groups excluding carboxylic acids is 2. The zero-order chi connectivity index (χ0) is 22.8. The van der Waals surface area contributed by atoms with Crippen LogP contribution in [0.1, 0.15) is 33.8 Å². The summed E-state index contributed by atoms with van der Waals surface area (Å²) in [6, 6.07) is 13.7. The number of aromatic nitrogens is 2. The van der Waals surface area contributed by atoms with E-state index in [1.54, 1.807) is 49.1 Å². The van der Waals surface area contributed by atoms with Gasteiger partial charge in [0.1, 0.15) is 5.82 Å². The summed E-state index contributed by atoms with van der Waals surface area (Å²) in [5.41, 5.74) is 2.55. The first-order chi connectivity index (χ1) is 16.1. The number of piperidine rings is 1. The van der Waals surface area contributed by atoms with Gasteiger partial charge in [0.2, 0.25) is 5.91 Å². The highest BCUT2D eigenvalue weighted by molar-refractivity contribution is 5.94. The predicted octanol–water partition coefficient (Wildman–Crippen LogP) is 3.32. The first-order valence-electron chi connectivity index (χ1n) is 11.2. The monoisotopic (exact) mass is 444 g/mol. The van der Waals surface area contributed by atoms with Gasteiger partial charge in [-0.25, -0.2) is 4.39 Å². The van der Waals surface area contributed by atoms with Crippen molar-refractivity contribution < 1.29 is 14.0 Å². The number of nitrogens with zero attached hydrogens (tertiary/aromatic N) is 4. The molecule has 6 nitrogen and oxygen atoms in total. The van der Waals surface area contributed by atoms with Crippen LogP contribution >= 0.6 is 0 Å². The average Bonchev–Trinajstić information content (AvgIpc) is 3.24.